The van der Waals surface area contributed by atoms with Crippen molar-refractivity contribution in [3.8, 4) is 17.2 Å². The minimum absolute atomic E-state index is 0.0169. The van der Waals surface area contributed by atoms with Crippen molar-refractivity contribution < 1.29 is 18.7 Å². The zero-order valence-corrected chi connectivity index (χ0v) is 16.6. The molecular weight excluding hydrogens is 404 g/mol. The van der Waals surface area contributed by atoms with Crippen LogP contribution in [0, 0.1) is 0 Å². The molecule has 150 valence electrons. The fraction of sp³-hybridized carbons (Fsp3) is 0.0833. The first kappa shape index (κ1) is 19.7. The highest BCUT2D eigenvalue weighted by Gasteiger charge is 2.13. The van der Waals surface area contributed by atoms with Gasteiger partial charge in [-0.25, -0.2) is 0 Å². The Hall–Kier alpha value is -3.57. The minimum Gasteiger partial charge on any atom is -0.460 e. The van der Waals surface area contributed by atoms with Crippen LogP contribution in [0.25, 0.3) is 11.0 Å². The summed E-state index contributed by atoms with van der Waals surface area (Å²) in [7, 11) is 0. The van der Waals surface area contributed by atoms with Gasteiger partial charge in [-0.1, -0.05) is 54.1 Å². The molecule has 30 heavy (non-hydrogen) atoms. The maximum absolute atomic E-state index is 12.7. The third kappa shape index (κ3) is 4.53. The number of rotatable bonds is 6. The van der Waals surface area contributed by atoms with Crippen molar-refractivity contribution >= 4 is 28.5 Å². The van der Waals surface area contributed by atoms with Gasteiger partial charge in [-0.2, -0.15) is 0 Å². The van der Waals surface area contributed by atoms with Crippen molar-refractivity contribution in [2.24, 2.45) is 0 Å². The Bertz CT molecular complexity index is 1250. The molecule has 0 saturated heterocycles. The summed E-state index contributed by atoms with van der Waals surface area (Å²) in [5, 5.41) is 0.693. The Morgan fingerprint density at radius 2 is 1.70 bits per heavy atom. The van der Waals surface area contributed by atoms with Gasteiger partial charge in [-0.3, -0.25) is 9.59 Å². The Balaban J connectivity index is 1.48. The Morgan fingerprint density at radius 3 is 2.50 bits per heavy atom. The molecule has 0 spiro atoms. The number of hydrogen-bond acceptors (Lipinski definition) is 5. The molecule has 0 N–H and O–H groups in total. The first-order valence-electron chi connectivity index (χ1n) is 9.33. The van der Waals surface area contributed by atoms with E-state index < -0.39 is 0 Å². The summed E-state index contributed by atoms with van der Waals surface area (Å²) in [6.07, 6.45) is 2.05. The van der Waals surface area contributed by atoms with Crippen molar-refractivity contribution in [2.45, 2.75) is 12.8 Å². The van der Waals surface area contributed by atoms with E-state index in [1.54, 1.807) is 36.4 Å². The highest BCUT2D eigenvalue weighted by atomic mass is 35.5. The first-order valence-corrected chi connectivity index (χ1v) is 9.70. The molecule has 0 amide bonds. The molecule has 1 heterocycles. The van der Waals surface area contributed by atoms with Crippen LogP contribution in [0.5, 0.6) is 17.2 Å². The van der Waals surface area contributed by atoms with Crippen molar-refractivity contribution in [3.63, 3.8) is 0 Å². The molecule has 3 aromatic carbocycles. The van der Waals surface area contributed by atoms with Gasteiger partial charge in [-0.15, -0.1) is 0 Å². The monoisotopic (exact) mass is 420 g/mol. The van der Waals surface area contributed by atoms with Crippen LogP contribution < -0.4 is 14.9 Å². The molecule has 0 unspecified atom stereocenters. The summed E-state index contributed by atoms with van der Waals surface area (Å²) >= 11 is 6.07. The van der Waals surface area contributed by atoms with Gasteiger partial charge in [0.2, 0.25) is 11.2 Å². The summed E-state index contributed by atoms with van der Waals surface area (Å²) in [6, 6.07) is 21.1. The fourth-order valence-corrected chi connectivity index (χ4v) is 3.12. The van der Waals surface area contributed by atoms with Crippen molar-refractivity contribution in [2.75, 3.05) is 0 Å². The largest absolute Gasteiger partial charge is 0.460 e. The van der Waals surface area contributed by atoms with E-state index in [2.05, 4.69) is 0 Å². The molecule has 5 nitrogen and oxygen atoms in total. The van der Waals surface area contributed by atoms with Gasteiger partial charge in [-0.05, 0) is 36.2 Å². The second kappa shape index (κ2) is 8.84. The van der Waals surface area contributed by atoms with E-state index in [1.807, 2.05) is 30.3 Å². The average molecular weight is 421 g/mol. The number of carbonyl (C=O) groups excluding carboxylic acids is 1. The molecule has 4 aromatic rings. The van der Waals surface area contributed by atoms with E-state index in [0.29, 0.717) is 33.9 Å². The number of carbonyl (C=O) groups is 1. The number of aryl methyl sites for hydroxylation is 1. The highest BCUT2D eigenvalue weighted by Crippen LogP contribution is 2.29. The average Bonchev–Trinajstić information content (AvgIpc) is 2.76. The SMILES string of the molecule is O=C(CCc1ccccc1)Oc1ccc2c(=O)c(Oc3ccccc3Cl)coc2c1. The van der Waals surface area contributed by atoms with Gasteiger partial charge in [0.05, 0.1) is 10.4 Å². The Morgan fingerprint density at radius 1 is 0.933 bits per heavy atom. The van der Waals surface area contributed by atoms with Crippen LogP contribution >= 0.6 is 11.6 Å². The summed E-state index contributed by atoms with van der Waals surface area (Å²) < 4.78 is 16.5. The van der Waals surface area contributed by atoms with Gasteiger partial charge in [0.25, 0.3) is 0 Å². The molecular formula is C24H17ClO5. The van der Waals surface area contributed by atoms with Crippen LogP contribution in [0.4, 0.5) is 0 Å². The lowest BCUT2D eigenvalue weighted by Crippen LogP contribution is -2.09. The zero-order valence-electron chi connectivity index (χ0n) is 15.8. The van der Waals surface area contributed by atoms with Crippen molar-refractivity contribution in [1.82, 2.24) is 0 Å². The van der Waals surface area contributed by atoms with Crippen LogP contribution in [0.15, 0.2) is 88.3 Å². The second-order valence-electron chi connectivity index (χ2n) is 6.58. The van der Waals surface area contributed by atoms with Crippen LogP contribution in [0.3, 0.4) is 0 Å². The summed E-state index contributed by atoms with van der Waals surface area (Å²) in [5.74, 6) is 0.320. The third-order valence-electron chi connectivity index (χ3n) is 4.46. The van der Waals surface area contributed by atoms with Gasteiger partial charge >= 0.3 is 5.97 Å². The van der Waals surface area contributed by atoms with E-state index in [0.717, 1.165) is 5.56 Å². The van der Waals surface area contributed by atoms with E-state index in [-0.39, 0.29) is 23.6 Å². The van der Waals surface area contributed by atoms with Crippen LogP contribution in [0.2, 0.25) is 5.02 Å². The predicted octanol–water partition coefficient (Wildman–Crippen LogP) is 5.78. The standard InChI is InChI=1S/C24H17ClO5/c25-19-8-4-5-9-20(19)30-22-15-28-21-14-17(11-12-18(21)24(22)27)29-23(26)13-10-16-6-2-1-3-7-16/h1-9,11-12,14-15H,10,13H2. The lowest BCUT2D eigenvalue weighted by Gasteiger charge is -2.08. The topological polar surface area (TPSA) is 65.7 Å². The molecule has 1 aromatic heterocycles. The van der Waals surface area contributed by atoms with Crippen LogP contribution in [0.1, 0.15) is 12.0 Å². The van der Waals surface area contributed by atoms with Crippen molar-refractivity contribution in [3.05, 3.63) is 99.9 Å². The maximum Gasteiger partial charge on any atom is 0.311 e. The molecule has 0 bridgehead atoms. The van der Waals surface area contributed by atoms with Gasteiger partial charge < -0.3 is 13.9 Å². The fourth-order valence-electron chi connectivity index (χ4n) is 2.94. The first-order chi connectivity index (χ1) is 14.6. The molecule has 0 aliphatic heterocycles. The number of para-hydroxylation sites is 1. The minimum atomic E-state index is -0.362. The number of halogens is 1. The molecule has 0 aliphatic rings. The molecule has 4 rings (SSSR count). The highest BCUT2D eigenvalue weighted by molar-refractivity contribution is 6.32. The van der Waals surface area contributed by atoms with Gasteiger partial charge in [0.15, 0.2) is 0 Å². The van der Waals surface area contributed by atoms with E-state index >= 15 is 0 Å². The molecule has 0 atom stereocenters. The lowest BCUT2D eigenvalue weighted by atomic mass is 10.1. The zero-order chi connectivity index (χ0) is 20.9. The molecule has 0 saturated carbocycles. The Labute approximate surface area is 177 Å². The molecule has 0 fully saturated rings. The van der Waals surface area contributed by atoms with Gasteiger partial charge in [0.1, 0.15) is 23.3 Å². The summed E-state index contributed by atoms with van der Waals surface area (Å²) in [4.78, 5) is 24.8. The molecule has 6 heteroatoms. The number of fused-ring (bicyclic) bond motifs is 1. The number of benzene rings is 3. The summed E-state index contributed by atoms with van der Waals surface area (Å²) in [5.41, 5.74) is 1.00. The van der Waals surface area contributed by atoms with Crippen LogP contribution in [-0.4, -0.2) is 5.97 Å². The van der Waals surface area contributed by atoms with Crippen LogP contribution in [-0.2, 0) is 11.2 Å². The molecule has 0 radical (unpaired) electrons. The van der Waals surface area contributed by atoms with E-state index in [1.165, 1.54) is 12.3 Å². The lowest BCUT2D eigenvalue weighted by molar-refractivity contribution is -0.134. The van der Waals surface area contributed by atoms with E-state index in [9.17, 15) is 9.59 Å². The molecule has 0 aliphatic carbocycles. The normalized spacial score (nSPS) is 10.7. The second-order valence-corrected chi connectivity index (χ2v) is 6.99. The summed E-state index contributed by atoms with van der Waals surface area (Å²) in [6.45, 7) is 0. The maximum atomic E-state index is 12.7. The number of esters is 1. The number of hydrogen-bond donors (Lipinski definition) is 0. The Kier molecular flexibility index (Phi) is 5.82. The van der Waals surface area contributed by atoms with Gasteiger partial charge in [0, 0.05) is 12.5 Å². The van der Waals surface area contributed by atoms with E-state index in [4.69, 9.17) is 25.5 Å². The third-order valence-corrected chi connectivity index (χ3v) is 4.78. The van der Waals surface area contributed by atoms with Crippen molar-refractivity contribution in [1.29, 1.82) is 0 Å². The smallest absolute Gasteiger partial charge is 0.311 e. The quantitative estimate of drug-likeness (QED) is 0.292. The predicted molar refractivity (Wildman–Crippen MR) is 114 cm³/mol. The number of ether oxygens (including phenoxy) is 2.